The van der Waals surface area contributed by atoms with Gasteiger partial charge in [-0.3, -0.25) is 16.0 Å². The number of hydrogen-bond acceptors (Lipinski definition) is 6. The van der Waals surface area contributed by atoms with Crippen molar-refractivity contribution in [3.63, 3.8) is 0 Å². The summed E-state index contributed by atoms with van der Waals surface area (Å²) in [5.74, 6) is 5.93. The predicted molar refractivity (Wildman–Crippen MR) is 82.0 cm³/mol. The number of hydrogen-bond donors (Lipinski definition) is 4. The number of rotatable bonds is 5. The molecule has 0 bridgehead atoms. The zero-order chi connectivity index (χ0) is 15.5. The molecule has 116 valence electrons. The summed E-state index contributed by atoms with van der Waals surface area (Å²) < 4.78 is 0. The number of nitrogens with one attached hydrogen (secondary N) is 2. The molecule has 5 N–H and O–H groups in total. The van der Waals surface area contributed by atoms with Crippen LogP contribution in [0, 0.1) is 16.0 Å². The highest BCUT2D eigenvalue weighted by molar-refractivity contribution is 5.75. The maximum Gasteiger partial charge on any atom is 0.316 e. The lowest BCUT2D eigenvalue weighted by atomic mass is 9.79. The summed E-state index contributed by atoms with van der Waals surface area (Å²) in [5, 5.41) is 24.7. The van der Waals surface area contributed by atoms with E-state index in [2.05, 4.69) is 17.7 Å². The zero-order valence-corrected chi connectivity index (χ0v) is 12.1. The van der Waals surface area contributed by atoms with E-state index in [1.165, 1.54) is 0 Å². The van der Waals surface area contributed by atoms with E-state index in [0.29, 0.717) is 31.0 Å². The van der Waals surface area contributed by atoms with Gasteiger partial charge in [-0.05, 0) is 43.7 Å². The van der Waals surface area contributed by atoms with Crippen LogP contribution in [0.5, 0.6) is 0 Å². The minimum Gasteiger partial charge on any atom is -0.388 e. The molecule has 7 nitrogen and oxygen atoms in total. The van der Waals surface area contributed by atoms with Crippen LogP contribution in [0.4, 0.5) is 17.1 Å². The van der Waals surface area contributed by atoms with E-state index in [9.17, 15) is 15.2 Å². The quantitative estimate of drug-likeness (QED) is 0.376. The first-order chi connectivity index (χ1) is 9.95. The van der Waals surface area contributed by atoms with Gasteiger partial charge in [0.05, 0.1) is 10.5 Å². The van der Waals surface area contributed by atoms with Crippen molar-refractivity contribution in [3.05, 3.63) is 28.3 Å². The fourth-order valence-corrected chi connectivity index (χ4v) is 2.74. The predicted octanol–water partition coefficient (Wildman–Crippen LogP) is 2.23. The molecule has 21 heavy (non-hydrogen) atoms. The molecule has 7 heteroatoms. The molecular weight excluding hydrogens is 272 g/mol. The number of aliphatic hydroxyl groups is 1. The van der Waals surface area contributed by atoms with Crippen molar-refractivity contribution >= 4 is 17.1 Å². The van der Waals surface area contributed by atoms with Crippen LogP contribution < -0.4 is 16.6 Å². The minimum atomic E-state index is -0.799. The van der Waals surface area contributed by atoms with E-state index in [1.54, 1.807) is 18.2 Å². The van der Waals surface area contributed by atoms with Gasteiger partial charge in [-0.1, -0.05) is 13.0 Å². The Bertz CT molecular complexity index is 513. The highest BCUT2D eigenvalue weighted by Crippen LogP contribution is 2.35. The Balaban J connectivity index is 2.11. The highest BCUT2D eigenvalue weighted by atomic mass is 16.6. The van der Waals surface area contributed by atoms with E-state index < -0.39 is 10.5 Å². The Kier molecular flexibility index (Phi) is 4.64. The second-order valence-corrected chi connectivity index (χ2v) is 5.86. The number of hydrazine groups is 1. The molecule has 1 saturated carbocycles. The van der Waals surface area contributed by atoms with Crippen molar-refractivity contribution in [2.75, 3.05) is 17.3 Å². The number of anilines is 2. The SMILES string of the molecule is CC1CCC(O)(CNc2cccc(NN)c2[N+](=O)[O-])CC1. The summed E-state index contributed by atoms with van der Waals surface area (Å²) in [4.78, 5) is 10.7. The third-order valence-electron chi connectivity index (χ3n) is 4.19. The number of nitrogens with zero attached hydrogens (tertiary/aromatic N) is 1. The normalized spacial score (nSPS) is 25.4. The van der Waals surface area contributed by atoms with E-state index in [-0.39, 0.29) is 11.4 Å². The molecule has 1 aliphatic carbocycles. The zero-order valence-electron chi connectivity index (χ0n) is 12.1. The van der Waals surface area contributed by atoms with Crippen LogP contribution in [0.2, 0.25) is 0 Å². The molecule has 1 aliphatic rings. The van der Waals surface area contributed by atoms with Gasteiger partial charge in [-0.2, -0.15) is 0 Å². The maximum atomic E-state index is 11.2. The number of nitrogens with two attached hydrogens (primary N) is 1. The largest absolute Gasteiger partial charge is 0.388 e. The molecule has 0 aromatic heterocycles. The summed E-state index contributed by atoms with van der Waals surface area (Å²) in [6.45, 7) is 2.48. The number of nitro benzene ring substituents is 1. The monoisotopic (exact) mass is 294 g/mol. The van der Waals surface area contributed by atoms with Crippen LogP contribution in [0.1, 0.15) is 32.6 Å². The molecule has 1 aromatic rings. The van der Waals surface area contributed by atoms with E-state index >= 15 is 0 Å². The van der Waals surface area contributed by atoms with Gasteiger partial charge >= 0.3 is 5.69 Å². The molecule has 0 radical (unpaired) electrons. The average Bonchev–Trinajstić information content (AvgIpc) is 2.48. The fraction of sp³-hybridized carbons (Fsp3) is 0.571. The summed E-state index contributed by atoms with van der Waals surface area (Å²) >= 11 is 0. The van der Waals surface area contributed by atoms with Gasteiger partial charge in [0.15, 0.2) is 0 Å². The van der Waals surface area contributed by atoms with Crippen LogP contribution in [0.25, 0.3) is 0 Å². The lowest BCUT2D eigenvalue weighted by Gasteiger charge is -2.35. The topological polar surface area (TPSA) is 113 Å². The lowest BCUT2D eigenvalue weighted by molar-refractivity contribution is -0.383. The first kappa shape index (κ1) is 15.5. The third-order valence-corrected chi connectivity index (χ3v) is 4.19. The standard InChI is InChI=1S/C14H22N4O3/c1-10-5-7-14(19,8-6-10)9-16-11-3-2-4-12(17-15)13(11)18(20)21/h2-4,10,16-17,19H,5-9,15H2,1H3. The number of nitro groups is 1. The van der Waals surface area contributed by atoms with Gasteiger partial charge in [0.25, 0.3) is 0 Å². The summed E-state index contributed by atoms with van der Waals surface area (Å²) in [6.07, 6.45) is 3.38. The average molecular weight is 294 g/mol. The molecule has 0 heterocycles. The molecule has 0 atom stereocenters. The molecule has 2 rings (SSSR count). The Labute approximate surface area is 123 Å². The second kappa shape index (κ2) is 6.28. The van der Waals surface area contributed by atoms with Crippen molar-refractivity contribution in [1.29, 1.82) is 0 Å². The number of para-hydroxylation sites is 1. The fourth-order valence-electron chi connectivity index (χ4n) is 2.74. The molecule has 0 aliphatic heterocycles. The summed E-state index contributed by atoms with van der Waals surface area (Å²) in [7, 11) is 0. The van der Waals surface area contributed by atoms with Crippen LogP contribution in [-0.2, 0) is 0 Å². The van der Waals surface area contributed by atoms with Crippen LogP contribution in [0.3, 0.4) is 0 Å². The van der Waals surface area contributed by atoms with Crippen LogP contribution in [-0.4, -0.2) is 22.2 Å². The molecule has 0 spiro atoms. The summed E-state index contributed by atoms with van der Waals surface area (Å²) in [5.41, 5.74) is 2.03. The molecule has 0 saturated heterocycles. The summed E-state index contributed by atoms with van der Waals surface area (Å²) in [6, 6.07) is 4.84. The maximum absolute atomic E-state index is 11.2. The van der Waals surface area contributed by atoms with Crippen LogP contribution in [0.15, 0.2) is 18.2 Å². The molecule has 0 amide bonds. The van der Waals surface area contributed by atoms with Crippen LogP contribution >= 0.6 is 0 Å². The van der Waals surface area contributed by atoms with Gasteiger partial charge in [-0.15, -0.1) is 0 Å². The third kappa shape index (κ3) is 3.62. The first-order valence-electron chi connectivity index (χ1n) is 7.15. The molecule has 1 fully saturated rings. The second-order valence-electron chi connectivity index (χ2n) is 5.86. The Morgan fingerprint density at radius 1 is 1.43 bits per heavy atom. The number of nitrogen functional groups attached to an aromatic ring is 1. The lowest BCUT2D eigenvalue weighted by Crippen LogP contribution is -2.40. The van der Waals surface area contributed by atoms with Crippen molar-refractivity contribution in [3.8, 4) is 0 Å². The smallest absolute Gasteiger partial charge is 0.316 e. The first-order valence-corrected chi connectivity index (χ1v) is 7.15. The van der Waals surface area contributed by atoms with Gasteiger partial charge in [0.1, 0.15) is 11.4 Å². The van der Waals surface area contributed by atoms with Crippen molar-refractivity contribution in [2.24, 2.45) is 11.8 Å². The molecule has 0 unspecified atom stereocenters. The highest BCUT2D eigenvalue weighted by Gasteiger charge is 2.32. The Morgan fingerprint density at radius 2 is 2.05 bits per heavy atom. The van der Waals surface area contributed by atoms with Gasteiger partial charge < -0.3 is 15.8 Å². The van der Waals surface area contributed by atoms with E-state index in [0.717, 1.165) is 12.8 Å². The van der Waals surface area contributed by atoms with Crippen molar-refractivity contribution in [2.45, 2.75) is 38.2 Å². The van der Waals surface area contributed by atoms with Gasteiger partial charge in [-0.25, -0.2) is 0 Å². The Morgan fingerprint density at radius 3 is 2.62 bits per heavy atom. The van der Waals surface area contributed by atoms with Gasteiger partial charge in [0, 0.05) is 6.54 Å². The van der Waals surface area contributed by atoms with E-state index in [1.807, 2.05) is 0 Å². The number of benzene rings is 1. The van der Waals surface area contributed by atoms with Crippen molar-refractivity contribution < 1.29 is 10.0 Å². The molecular formula is C14H22N4O3. The van der Waals surface area contributed by atoms with Crippen molar-refractivity contribution in [1.82, 2.24) is 0 Å². The van der Waals surface area contributed by atoms with E-state index in [4.69, 9.17) is 5.84 Å². The minimum absolute atomic E-state index is 0.104. The molecule has 1 aromatic carbocycles. The Hall–Kier alpha value is -1.86. The van der Waals surface area contributed by atoms with Gasteiger partial charge in [0.2, 0.25) is 0 Å².